The van der Waals surface area contributed by atoms with Gasteiger partial charge in [0.15, 0.2) is 0 Å². The van der Waals surface area contributed by atoms with Gasteiger partial charge in [-0.3, -0.25) is 9.36 Å². The van der Waals surface area contributed by atoms with Crippen LogP contribution in [0.1, 0.15) is 271 Å². The Morgan fingerprint density at radius 2 is 0.838 bits per heavy atom. The number of aliphatic hydroxyl groups is 1. The Kier molecular flexibility index (Phi) is 53.7. The lowest BCUT2D eigenvalue weighted by Crippen LogP contribution is -2.45. The first-order valence-electron chi connectivity index (χ1n) is 30.9. The van der Waals surface area contributed by atoms with Crippen LogP contribution < -0.4 is 10.2 Å². The second kappa shape index (κ2) is 55.4. The predicted octanol–water partition coefficient (Wildman–Crippen LogP) is 18.6. The number of nitrogens with one attached hydrogen (secondary N) is 1. The van der Waals surface area contributed by atoms with E-state index in [0.29, 0.717) is 17.4 Å². The summed E-state index contributed by atoms with van der Waals surface area (Å²) in [6.45, 7) is 4.52. The Balaban J connectivity index is 4.24. The number of phosphoric ester groups is 1. The number of rotatable bonds is 56. The third-order valence-electron chi connectivity index (χ3n) is 13.6. The predicted molar refractivity (Wildman–Crippen MR) is 320 cm³/mol. The number of unbranched alkanes of at least 4 members (excludes halogenated alkanes) is 31. The van der Waals surface area contributed by atoms with Gasteiger partial charge >= 0.3 is 0 Å². The first-order valence-corrected chi connectivity index (χ1v) is 32.4. The van der Waals surface area contributed by atoms with Gasteiger partial charge in [-0.25, -0.2) is 0 Å². The summed E-state index contributed by atoms with van der Waals surface area (Å²) in [5, 5.41) is 13.9. The van der Waals surface area contributed by atoms with E-state index in [1.54, 1.807) is 6.08 Å². The maximum atomic E-state index is 13.0. The summed E-state index contributed by atoms with van der Waals surface area (Å²) in [6.07, 6.45) is 78.2. The maximum Gasteiger partial charge on any atom is 0.268 e. The summed E-state index contributed by atoms with van der Waals surface area (Å²) < 4.78 is 23.4. The molecule has 430 valence electrons. The van der Waals surface area contributed by atoms with Crippen molar-refractivity contribution in [1.29, 1.82) is 0 Å². The van der Waals surface area contributed by atoms with Gasteiger partial charge in [0.2, 0.25) is 5.91 Å². The molecule has 0 aromatic heterocycles. The van der Waals surface area contributed by atoms with Crippen LogP contribution >= 0.6 is 7.82 Å². The van der Waals surface area contributed by atoms with Gasteiger partial charge in [0.05, 0.1) is 39.9 Å². The molecule has 0 bridgehead atoms. The number of hydrogen-bond acceptors (Lipinski definition) is 6. The zero-order valence-electron chi connectivity index (χ0n) is 49.0. The van der Waals surface area contributed by atoms with E-state index >= 15 is 0 Å². The summed E-state index contributed by atoms with van der Waals surface area (Å²) in [7, 11) is 1.23. The number of quaternary nitrogens is 1. The molecule has 0 heterocycles. The van der Waals surface area contributed by atoms with Crippen molar-refractivity contribution in [2.45, 2.75) is 283 Å². The molecule has 0 saturated carbocycles. The van der Waals surface area contributed by atoms with Gasteiger partial charge in [0.1, 0.15) is 13.2 Å². The van der Waals surface area contributed by atoms with Crippen molar-refractivity contribution in [3.8, 4) is 0 Å². The largest absolute Gasteiger partial charge is 0.756 e. The monoisotopic (exact) mass is 1050 g/mol. The van der Waals surface area contributed by atoms with E-state index < -0.39 is 26.6 Å². The van der Waals surface area contributed by atoms with E-state index in [1.807, 2.05) is 27.2 Å². The molecule has 3 unspecified atom stereocenters. The molecule has 74 heavy (non-hydrogen) atoms. The molecule has 0 saturated heterocycles. The number of likely N-dealkylation sites (N-methyl/N-ethyl adjacent to an activating group) is 1. The van der Waals surface area contributed by atoms with E-state index in [0.717, 1.165) is 77.0 Å². The van der Waals surface area contributed by atoms with Crippen molar-refractivity contribution >= 4 is 13.7 Å². The van der Waals surface area contributed by atoms with Crippen LogP contribution in [0.3, 0.4) is 0 Å². The highest BCUT2D eigenvalue weighted by molar-refractivity contribution is 7.45. The minimum Gasteiger partial charge on any atom is -0.756 e. The fourth-order valence-corrected chi connectivity index (χ4v) is 9.49. The molecule has 0 aliphatic heterocycles. The lowest BCUT2D eigenvalue weighted by molar-refractivity contribution is -0.870. The molecule has 0 aliphatic rings. The first kappa shape index (κ1) is 71.7. The highest BCUT2D eigenvalue weighted by atomic mass is 31.2. The molecule has 0 aliphatic carbocycles. The van der Waals surface area contributed by atoms with Crippen LogP contribution in [0.2, 0.25) is 0 Å². The number of allylic oxidation sites excluding steroid dienone is 13. The SMILES string of the molecule is CC/C=C\C/C=C\C/C=C\C/C=C\CCCCCCCCCCCCC(=O)NC(COP(=O)([O-])OCC[N+](C)(C)C)C(O)/C=C/CC/C=C/CC/C=C/CCCCCCCCCCCCCCCCCCCCC. The normalized spacial score (nSPS) is 14.4. The Morgan fingerprint density at radius 1 is 0.486 bits per heavy atom. The van der Waals surface area contributed by atoms with Gasteiger partial charge in [-0.15, -0.1) is 0 Å². The Labute approximate surface area is 458 Å². The highest BCUT2D eigenvalue weighted by Gasteiger charge is 2.23. The zero-order valence-corrected chi connectivity index (χ0v) is 49.9. The van der Waals surface area contributed by atoms with Crippen LogP contribution in [-0.4, -0.2) is 68.5 Å². The number of phosphoric acid groups is 1. The second-order valence-electron chi connectivity index (χ2n) is 22.0. The van der Waals surface area contributed by atoms with Crippen molar-refractivity contribution in [3.63, 3.8) is 0 Å². The van der Waals surface area contributed by atoms with E-state index in [-0.39, 0.29) is 12.5 Å². The van der Waals surface area contributed by atoms with Gasteiger partial charge in [-0.2, -0.15) is 0 Å². The van der Waals surface area contributed by atoms with Crippen LogP contribution in [0, 0.1) is 0 Å². The lowest BCUT2D eigenvalue weighted by atomic mass is 10.0. The highest BCUT2D eigenvalue weighted by Crippen LogP contribution is 2.38. The summed E-state index contributed by atoms with van der Waals surface area (Å²) in [6, 6.07) is -0.918. The van der Waals surface area contributed by atoms with Crippen molar-refractivity contribution in [3.05, 3.63) is 85.1 Å². The Bertz CT molecular complexity index is 1480. The van der Waals surface area contributed by atoms with Gasteiger partial charge in [-0.05, 0) is 83.5 Å². The number of nitrogens with zero attached hydrogens (tertiary/aromatic N) is 1. The van der Waals surface area contributed by atoms with Gasteiger partial charge in [-0.1, -0.05) is 266 Å². The van der Waals surface area contributed by atoms with E-state index in [1.165, 1.54) is 173 Å². The van der Waals surface area contributed by atoms with Crippen molar-refractivity contribution < 1.29 is 32.9 Å². The van der Waals surface area contributed by atoms with Crippen LogP contribution in [0.4, 0.5) is 0 Å². The van der Waals surface area contributed by atoms with Gasteiger partial charge in [0.25, 0.3) is 7.82 Å². The maximum absolute atomic E-state index is 13.0. The number of hydrogen-bond donors (Lipinski definition) is 2. The van der Waals surface area contributed by atoms with Gasteiger partial charge < -0.3 is 28.8 Å². The van der Waals surface area contributed by atoms with Gasteiger partial charge in [0, 0.05) is 6.42 Å². The third kappa shape index (κ3) is 57.4. The van der Waals surface area contributed by atoms with Crippen molar-refractivity contribution in [2.24, 2.45) is 0 Å². The summed E-state index contributed by atoms with van der Waals surface area (Å²) in [5.41, 5.74) is 0. The van der Waals surface area contributed by atoms with E-state index in [2.05, 4.69) is 92.1 Å². The molecule has 9 heteroatoms. The number of carbonyl (C=O) groups is 1. The molecule has 0 rings (SSSR count). The Hall–Kier alpha value is -2.32. The topological polar surface area (TPSA) is 108 Å². The molecule has 0 aromatic carbocycles. The zero-order chi connectivity index (χ0) is 54.2. The fourth-order valence-electron chi connectivity index (χ4n) is 8.77. The van der Waals surface area contributed by atoms with Crippen LogP contribution in [0.25, 0.3) is 0 Å². The number of aliphatic hydroxyl groups excluding tert-OH is 1. The fraction of sp³-hybridized carbons (Fsp3) is 0.769. The summed E-state index contributed by atoms with van der Waals surface area (Å²) >= 11 is 0. The minimum atomic E-state index is -4.62. The summed E-state index contributed by atoms with van der Waals surface area (Å²) in [4.78, 5) is 25.5. The molecule has 0 aromatic rings. The quantitative estimate of drug-likeness (QED) is 0.0272. The average Bonchev–Trinajstić information content (AvgIpc) is 3.36. The van der Waals surface area contributed by atoms with Crippen molar-refractivity contribution in [1.82, 2.24) is 5.32 Å². The smallest absolute Gasteiger partial charge is 0.268 e. The van der Waals surface area contributed by atoms with E-state index in [9.17, 15) is 19.4 Å². The number of carbonyl (C=O) groups excluding carboxylic acids is 1. The molecule has 0 fully saturated rings. The van der Waals surface area contributed by atoms with Crippen LogP contribution in [-0.2, 0) is 18.4 Å². The Morgan fingerprint density at radius 3 is 1.26 bits per heavy atom. The molecule has 8 nitrogen and oxygen atoms in total. The summed E-state index contributed by atoms with van der Waals surface area (Å²) in [5.74, 6) is -0.217. The van der Waals surface area contributed by atoms with Crippen LogP contribution in [0.15, 0.2) is 85.1 Å². The first-order chi connectivity index (χ1) is 36.0. The third-order valence-corrected chi connectivity index (χ3v) is 14.5. The van der Waals surface area contributed by atoms with Crippen LogP contribution in [0.5, 0.6) is 0 Å². The molecule has 3 atom stereocenters. The van der Waals surface area contributed by atoms with Crippen molar-refractivity contribution in [2.75, 3.05) is 40.9 Å². The average molecular weight is 1060 g/mol. The minimum absolute atomic E-state index is 0.0134. The molecule has 1 amide bonds. The number of amides is 1. The molecular formula is C65H119N2O6P. The van der Waals surface area contributed by atoms with E-state index in [4.69, 9.17) is 9.05 Å². The molecule has 0 radical (unpaired) electrons. The molecule has 2 N–H and O–H groups in total. The standard InChI is InChI=1S/C65H119N2O6P/c1-6-8-10-12-14-16-18-20-22-24-26-28-30-31-32-33-34-35-37-38-40-42-44-46-48-50-52-54-56-58-64(68)63(62-73-74(70,71)72-61-60-67(3,4)5)66-65(69)59-57-55-53-51-49-47-45-43-41-39-36-29-27-25-23-21-19-17-15-13-11-9-7-2/h9,11,15,17,21,23,27,29,40,42,48,50,56,58,63-64,68H,6-8,10,12-14,16,18-20,22,24-26,28,30-39,41,43-47,49,51-55,57,59-62H2,1-5H3,(H-,66,69,70,71)/b11-9-,17-15-,23-21-,29-27-,42-40+,50-48+,58-56+. The second-order valence-corrected chi connectivity index (χ2v) is 23.4. The lowest BCUT2D eigenvalue weighted by Gasteiger charge is -2.29. The molecule has 0 spiro atoms. The molecular weight excluding hydrogens is 936 g/mol.